The molecule has 3 heteroatoms. The summed E-state index contributed by atoms with van der Waals surface area (Å²) in [6.45, 7) is 8.78. The lowest BCUT2D eigenvalue weighted by molar-refractivity contribution is 0.660. The van der Waals surface area contributed by atoms with Crippen molar-refractivity contribution >= 4 is 184 Å². The number of hydrogen-bond acceptors (Lipinski definition) is 3. The summed E-state index contributed by atoms with van der Waals surface area (Å²) in [5.74, 6) is 0. The van der Waals surface area contributed by atoms with Crippen LogP contribution in [-0.2, 0) is 10.8 Å². The molecule has 0 bridgehead atoms. The number of benzene rings is 27. The smallest absolute Gasteiger partial charge is 0.143 e. The van der Waals surface area contributed by atoms with E-state index in [0.717, 1.165) is 136 Å². The zero-order chi connectivity index (χ0) is 119. The second kappa shape index (κ2) is 33.4. The normalized spacial score (nSPS) is 15.2. The van der Waals surface area contributed by atoms with Gasteiger partial charge in [0, 0.05) is 59.3 Å². The van der Waals surface area contributed by atoms with Gasteiger partial charge in [-0.3, -0.25) is 0 Å². The van der Waals surface area contributed by atoms with Crippen molar-refractivity contribution in [1.82, 2.24) is 0 Å². The predicted molar refractivity (Wildman–Crippen MR) is 632 cm³/mol. The third-order valence-electron chi connectivity index (χ3n) is 31.3. The summed E-state index contributed by atoms with van der Waals surface area (Å²) in [5, 5.41) is 17.0. The van der Waals surface area contributed by atoms with E-state index in [0.29, 0.717) is 94.7 Å². The molecule has 27 aromatic carbocycles. The van der Waals surface area contributed by atoms with Crippen LogP contribution in [0.15, 0.2) is 510 Å². The van der Waals surface area contributed by atoms with Gasteiger partial charge < -0.3 is 13.3 Å². The standard InChI is InChI=1S/C51H34O.C50H30O.C45H30O/c1-51(2)44-20-10-9-18-42(44)49-35(19-11-21-45(49)51)32-22-24-33(25-23-32)47-37-14-5-7-16-39(37)48(40-17-8-6-15-38(40)47)34-27-29-46-43(30-34)41-28-26-31-12-3-4-13-36(31)50(41)52-46;1-2-10-31(11-3-1)33-21-24-38-34(28-33)18-19-35-29-36(22-25-39(35)38)48-41-14-6-8-16-43(41)49(44-17-9-7-15-42(44)48)37-23-27-47-46(30-37)45-26-20-32-12-4-5-13-40(32)50(45)51-47;1-45(2)38-20-10-9-18-35(38)43-36(19-11-21-39(43)45)42-32-16-7-5-14-30(32)41(31-15-6-8-17-33(31)42)28-23-25-40-37(26-28)34-24-22-27-12-3-4-13-29(27)44(34)46-40/h3-30H,1-2H3;1-30H;3-26H,1-2H3/i5D,6D,7D,8D,14D,15D,16D,17D;6D,7D,8D,9D,14D,15D,16D,17D;5D,6D,7D,8D,14D,15D,16D,17D. The highest BCUT2D eigenvalue weighted by Gasteiger charge is 2.39. The number of furan rings is 3. The molecule has 696 valence electrons. The second-order valence-electron chi connectivity index (χ2n) is 39.9. The number of rotatable bonds is 8. The van der Waals surface area contributed by atoms with Gasteiger partial charge in [0.2, 0.25) is 0 Å². The van der Waals surface area contributed by atoms with E-state index in [9.17, 15) is 16.4 Å². The molecule has 0 aliphatic heterocycles. The lowest BCUT2D eigenvalue weighted by Gasteiger charge is -2.22. The first-order valence-electron chi connectivity index (χ1n) is 61.9. The van der Waals surface area contributed by atoms with Crippen LogP contribution in [0.2, 0.25) is 0 Å². The van der Waals surface area contributed by atoms with Gasteiger partial charge in [-0.2, -0.15) is 0 Å². The van der Waals surface area contributed by atoms with Gasteiger partial charge in [0.1, 0.15) is 33.5 Å². The molecule has 0 N–H and O–H groups in total. The van der Waals surface area contributed by atoms with Gasteiger partial charge in [-0.1, -0.05) is 458 Å². The first-order valence-corrected chi connectivity index (χ1v) is 49.9. The monoisotopic (exact) mass is 1920 g/mol. The Morgan fingerprint density at radius 3 is 0.812 bits per heavy atom. The van der Waals surface area contributed by atoms with E-state index in [1.807, 2.05) is 249 Å². The zero-order valence-corrected chi connectivity index (χ0v) is 80.7. The molecule has 2 aliphatic carbocycles. The fourth-order valence-corrected chi connectivity index (χ4v) is 24.4. The summed E-state index contributed by atoms with van der Waals surface area (Å²) in [5.41, 5.74) is 21.8. The van der Waals surface area contributed by atoms with Gasteiger partial charge in [0.05, 0.1) is 32.9 Å². The van der Waals surface area contributed by atoms with Crippen molar-refractivity contribution in [1.29, 1.82) is 0 Å². The molecule has 0 saturated carbocycles. The molecular formula is C146H94O3. The molecule has 3 heterocycles. The minimum Gasteiger partial charge on any atom is -0.455 e. The fourth-order valence-electron chi connectivity index (χ4n) is 24.4. The van der Waals surface area contributed by atoms with Crippen LogP contribution in [0, 0.1) is 0 Å². The number of fused-ring (bicyclic) bond motifs is 30. The highest BCUT2D eigenvalue weighted by molar-refractivity contribution is 6.29. The maximum absolute atomic E-state index is 9.48. The van der Waals surface area contributed by atoms with Gasteiger partial charge in [-0.25, -0.2) is 0 Å². The summed E-state index contributed by atoms with van der Waals surface area (Å²) in [6.07, 6.45) is 0. The largest absolute Gasteiger partial charge is 0.455 e. The maximum Gasteiger partial charge on any atom is 0.143 e. The van der Waals surface area contributed by atoms with Crippen LogP contribution in [-0.4, -0.2) is 0 Å². The lowest BCUT2D eigenvalue weighted by atomic mass is 9.80. The number of hydrogen-bond donors (Lipinski definition) is 0. The Balaban J connectivity index is 0.000000114. The first-order chi connectivity index (χ1) is 83.4. The van der Waals surface area contributed by atoms with Crippen molar-refractivity contribution < 1.29 is 46.1 Å². The molecule has 149 heavy (non-hydrogen) atoms. The Labute approximate surface area is 894 Å². The summed E-state index contributed by atoms with van der Waals surface area (Å²) in [7, 11) is 0. The van der Waals surface area contributed by atoms with Crippen LogP contribution in [0.25, 0.3) is 296 Å². The molecule has 0 saturated heterocycles. The quantitative estimate of drug-likeness (QED) is 0.112. The predicted octanol–water partition coefficient (Wildman–Crippen LogP) is 41.4. The van der Waals surface area contributed by atoms with Crippen molar-refractivity contribution in [2.75, 3.05) is 0 Å². The van der Waals surface area contributed by atoms with E-state index < -0.39 is 72.5 Å². The molecule has 0 radical (unpaired) electrons. The molecule has 32 rings (SSSR count). The Hall–Kier alpha value is -18.8. The average Bonchev–Trinajstić information content (AvgIpc) is 1.66. The van der Waals surface area contributed by atoms with Crippen molar-refractivity contribution in [3.05, 3.63) is 519 Å². The van der Waals surface area contributed by atoms with Crippen LogP contribution < -0.4 is 0 Å². The highest BCUT2D eigenvalue weighted by atomic mass is 16.3. The van der Waals surface area contributed by atoms with E-state index in [-0.39, 0.29) is 148 Å². The minimum absolute atomic E-state index is 0.174. The van der Waals surface area contributed by atoms with Crippen LogP contribution in [0.3, 0.4) is 0 Å². The Morgan fingerprint density at radius 2 is 0.423 bits per heavy atom. The molecule has 0 fully saturated rings. The Bertz CT molecular complexity index is 12300. The summed E-state index contributed by atoms with van der Waals surface area (Å²) >= 11 is 0. The van der Waals surface area contributed by atoms with E-state index in [1.54, 1.807) is 12.1 Å². The zero-order valence-electron chi connectivity index (χ0n) is 105. The third kappa shape index (κ3) is 13.3. The Morgan fingerprint density at radius 1 is 0.154 bits per heavy atom. The molecule has 3 aromatic heterocycles. The van der Waals surface area contributed by atoms with E-state index in [2.05, 4.69) is 119 Å². The van der Waals surface area contributed by atoms with Crippen molar-refractivity contribution in [3.63, 3.8) is 0 Å². The minimum atomic E-state index is -0.434. The van der Waals surface area contributed by atoms with Gasteiger partial charge in [-0.05, 0) is 303 Å². The molecule has 0 atom stereocenters. The average molecular weight is 1920 g/mol. The van der Waals surface area contributed by atoms with E-state index in [1.165, 1.54) is 22.3 Å². The molecular weight excluding hydrogens is 1800 g/mol. The van der Waals surface area contributed by atoms with Gasteiger partial charge in [0.15, 0.2) is 0 Å². The van der Waals surface area contributed by atoms with Crippen LogP contribution in [0.5, 0.6) is 0 Å². The molecule has 30 aromatic rings. The van der Waals surface area contributed by atoms with Crippen LogP contribution in [0.4, 0.5) is 0 Å². The second-order valence-corrected chi connectivity index (χ2v) is 39.9. The van der Waals surface area contributed by atoms with Gasteiger partial charge in [0.25, 0.3) is 0 Å². The molecule has 0 spiro atoms. The first kappa shape index (κ1) is 64.8. The maximum atomic E-state index is 9.48. The molecule has 2 aliphatic rings. The molecule has 3 nitrogen and oxygen atoms in total. The van der Waals surface area contributed by atoms with Gasteiger partial charge >= 0.3 is 0 Å². The third-order valence-corrected chi connectivity index (χ3v) is 31.3. The topological polar surface area (TPSA) is 39.4 Å². The van der Waals surface area contributed by atoms with Crippen LogP contribution in [0.1, 0.15) is 82.8 Å². The lowest BCUT2D eigenvalue weighted by Crippen LogP contribution is -2.14. The SMILES string of the molecule is [2H]c1c([2H])c([2H])c2c(-c3ccc4oc5c6ccccc6ccc5c4c3)c3c([2H])c([2H])c([2H])c([2H])c3c(-c3ccc(-c4cccc5c4-c4ccccc4C5(C)C)cc3)c2c1[2H].[2H]c1c([2H])c([2H])c2c(-c3ccc4oc5c6ccccc6ccc5c4c3)c3c([2H])c([2H])c([2H])c([2H])c3c(-c3ccc4c(ccc5cc(-c6ccccc6)ccc54)c3)c2c1[2H].[2H]c1c([2H])c([2H])c2c(-c3cccc4c3-c3ccccc3C4(C)C)c3c([2H])c([2H])c([2H])c([2H])c3c(-c3ccc4oc5c6ccccc6ccc5c4c3)c2c1[2H]. The van der Waals surface area contributed by atoms with Crippen LogP contribution >= 0.6 is 0 Å². The van der Waals surface area contributed by atoms with Crippen molar-refractivity contribution in [3.8, 4) is 111 Å². The highest BCUT2D eigenvalue weighted by Crippen LogP contribution is 2.58. The van der Waals surface area contributed by atoms with Crippen molar-refractivity contribution in [2.45, 2.75) is 38.5 Å². The fraction of sp³-hybridized carbons (Fsp3) is 0.0411. The van der Waals surface area contributed by atoms with Crippen molar-refractivity contribution in [2.24, 2.45) is 0 Å². The van der Waals surface area contributed by atoms with E-state index >= 15 is 0 Å². The summed E-state index contributed by atoms with van der Waals surface area (Å²) < 4.78 is 239. The molecule has 0 amide bonds. The summed E-state index contributed by atoms with van der Waals surface area (Å²) in [6, 6.07) is 107. The van der Waals surface area contributed by atoms with E-state index in [4.69, 9.17) is 29.7 Å². The summed E-state index contributed by atoms with van der Waals surface area (Å²) in [4.78, 5) is 0. The van der Waals surface area contributed by atoms with Gasteiger partial charge in [-0.15, -0.1) is 0 Å². The Kier molecular flexibility index (Phi) is 14.5. The molecule has 0 unspecified atom stereocenters.